The van der Waals surface area contributed by atoms with Crippen molar-refractivity contribution in [3.8, 4) is 22.4 Å². The first-order valence-corrected chi connectivity index (χ1v) is 14.8. The monoisotopic (exact) mass is 570 g/mol. The molecule has 5 aromatic rings. The summed E-state index contributed by atoms with van der Waals surface area (Å²) < 4.78 is 6.87. The number of hydrogen-bond acceptors (Lipinski definition) is 5. The van der Waals surface area contributed by atoms with E-state index in [-0.39, 0.29) is 24.6 Å². The van der Waals surface area contributed by atoms with Gasteiger partial charge in [-0.2, -0.15) is 4.68 Å². The van der Waals surface area contributed by atoms with Crippen molar-refractivity contribution in [2.24, 2.45) is 0 Å². The van der Waals surface area contributed by atoms with Gasteiger partial charge in [-0.05, 0) is 66.5 Å². The first kappa shape index (κ1) is 28.1. The summed E-state index contributed by atoms with van der Waals surface area (Å²) in [6.45, 7) is 0.967. The molecule has 1 fully saturated rings. The number of hydrogen-bond donors (Lipinski definition) is 0. The van der Waals surface area contributed by atoms with Crippen molar-refractivity contribution >= 4 is 12.0 Å². The van der Waals surface area contributed by atoms with Crippen LogP contribution in [0.2, 0.25) is 0 Å². The van der Waals surface area contributed by atoms with Crippen LogP contribution in [0.15, 0.2) is 115 Å². The molecule has 0 saturated carbocycles. The van der Waals surface area contributed by atoms with Crippen LogP contribution in [0.4, 0.5) is 4.79 Å². The van der Waals surface area contributed by atoms with E-state index in [1.165, 1.54) is 10.2 Å². The minimum absolute atomic E-state index is 0.121. The van der Waals surface area contributed by atoms with Gasteiger partial charge in [0.25, 0.3) is 0 Å². The second kappa shape index (κ2) is 13.3. The molecule has 1 amide bonds. The van der Waals surface area contributed by atoms with Crippen LogP contribution >= 0.6 is 0 Å². The van der Waals surface area contributed by atoms with Crippen molar-refractivity contribution in [2.45, 2.75) is 44.8 Å². The predicted molar refractivity (Wildman–Crippen MR) is 166 cm³/mol. The largest absolute Gasteiger partial charge is 0.457 e. The van der Waals surface area contributed by atoms with Crippen LogP contribution in [0.25, 0.3) is 22.4 Å². The van der Waals surface area contributed by atoms with E-state index >= 15 is 0 Å². The molecule has 0 bridgehead atoms. The Morgan fingerprint density at radius 1 is 0.767 bits per heavy atom. The topological polar surface area (TPSA) is 77.3 Å². The van der Waals surface area contributed by atoms with E-state index in [4.69, 9.17) is 4.74 Å². The van der Waals surface area contributed by atoms with Crippen LogP contribution in [-0.4, -0.2) is 44.5 Å². The molecule has 1 aliphatic heterocycles. The third kappa shape index (κ3) is 6.89. The maximum absolute atomic E-state index is 13.5. The lowest BCUT2D eigenvalue weighted by Gasteiger charge is -2.35. The second-order valence-corrected chi connectivity index (χ2v) is 10.9. The first-order chi connectivity index (χ1) is 21.1. The van der Waals surface area contributed by atoms with Crippen molar-refractivity contribution in [3.05, 3.63) is 132 Å². The van der Waals surface area contributed by atoms with Crippen LogP contribution in [0.1, 0.15) is 47.2 Å². The van der Waals surface area contributed by atoms with Crippen molar-refractivity contribution in [2.75, 3.05) is 6.54 Å². The van der Waals surface area contributed by atoms with E-state index < -0.39 is 0 Å². The molecule has 4 aromatic carbocycles. The molecule has 0 aliphatic carbocycles. The summed E-state index contributed by atoms with van der Waals surface area (Å²) in [6, 6.07) is 35.4. The number of rotatable bonds is 8. The summed E-state index contributed by atoms with van der Waals surface area (Å²) in [5.74, 6) is -0.361. The van der Waals surface area contributed by atoms with Crippen molar-refractivity contribution in [1.29, 1.82) is 0 Å². The molecule has 2 heterocycles. The smallest absolute Gasteiger partial charge is 0.346 e. The standard InChI is InChI=1S/C36H34N4O3/c41-35(43-26-28-12-5-2-6-13-28)32-15-9-14-31(24-32)29-18-20-30(21-19-29)34-25-40(38-37-34)36(42)39-23-8-7-16-33(39)22-17-27-10-3-1-4-11-27/h1-6,9-15,18-21,24-25,33H,7-8,16-17,22-23,26H2. The minimum Gasteiger partial charge on any atom is -0.457 e. The average Bonchev–Trinajstić information content (AvgIpc) is 3.58. The molecule has 1 aliphatic rings. The van der Waals surface area contributed by atoms with Crippen LogP contribution in [-0.2, 0) is 17.8 Å². The van der Waals surface area contributed by atoms with Crippen molar-refractivity contribution in [1.82, 2.24) is 19.9 Å². The van der Waals surface area contributed by atoms with Gasteiger partial charge in [-0.3, -0.25) is 0 Å². The highest BCUT2D eigenvalue weighted by Gasteiger charge is 2.28. The Balaban J connectivity index is 1.10. The highest BCUT2D eigenvalue weighted by atomic mass is 16.5. The van der Waals surface area contributed by atoms with Gasteiger partial charge in [0.05, 0.1) is 11.8 Å². The molecule has 0 radical (unpaired) electrons. The van der Waals surface area contributed by atoms with E-state index in [1.54, 1.807) is 12.3 Å². The van der Waals surface area contributed by atoms with Gasteiger partial charge in [-0.1, -0.05) is 102 Å². The molecule has 1 saturated heterocycles. The van der Waals surface area contributed by atoms with Gasteiger partial charge in [-0.25, -0.2) is 9.59 Å². The van der Waals surface area contributed by atoms with Gasteiger partial charge < -0.3 is 9.64 Å². The first-order valence-electron chi connectivity index (χ1n) is 14.8. The Hall–Kier alpha value is -5.04. The highest BCUT2D eigenvalue weighted by molar-refractivity contribution is 5.91. The number of aryl methyl sites for hydroxylation is 1. The van der Waals surface area contributed by atoms with Gasteiger partial charge in [0.1, 0.15) is 12.3 Å². The molecule has 7 heteroatoms. The molecule has 1 unspecified atom stereocenters. The number of likely N-dealkylation sites (tertiary alicyclic amines) is 1. The number of nitrogens with zero attached hydrogens (tertiary/aromatic N) is 4. The van der Waals surface area contributed by atoms with E-state index in [0.29, 0.717) is 11.3 Å². The highest BCUT2D eigenvalue weighted by Crippen LogP contribution is 2.26. The minimum atomic E-state index is -0.361. The number of ether oxygens (including phenoxy) is 1. The number of esters is 1. The molecule has 7 nitrogen and oxygen atoms in total. The number of carbonyl (C=O) groups excluding carboxylic acids is 2. The Labute approximate surface area is 251 Å². The Morgan fingerprint density at radius 2 is 1.49 bits per heavy atom. The predicted octanol–water partition coefficient (Wildman–Crippen LogP) is 7.42. The number of aromatic nitrogens is 3. The summed E-state index contributed by atoms with van der Waals surface area (Å²) in [4.78, 5) is 28.1. The van der Waals surface area contributed by atoms with E-state index in [0.717, 1.165) is 60.9 Å². The van der Waals surface area contributed by atoms with E-state index in [9.17, 15) is 9.59 Å². The lowest BCUT2D eigenvalue weighted by Crippen LogP contribution is -2.46. The summed E-state index contributed by atoms with van der Waals surface area (Å²) in [6.07, 6.45) is 6.74. The van der Waals surface area contributed by atoms with Crippen LogP contribution in [0.5, 0.6) is 0 Å². The fourth-order valence-corrected chi connectivity index (χ4v) is 5.62. The zero-order valence-corrected chi connectivity index (χ0v) is 24.0. The number of amides is 1. The third-order valence-electron chi connectivity index (χ3n) is 8.00. The maximum Gasteiger partial charge on any atom is 0.346 e. The summed E-state index contributed by atoms with van der Waals surface area (Å²) in [7, 11) is 0. The third-order valence-corrected chi connectivity index (χ3v) is 8.00. The Bertz CT molecular complexity index is 1670. The van der Waals surface area contributed by atoms with Crippen LogP contribution < -0.4 is 0 Å². The second-order valence-electron chi connectivity index (χ2n) is 10.9. The number of benzene rings is 4. The zero-order valence-electron chi connectivity index (χ0n) is 24.0. The van der Waals surface area contributed by atoms with Crippen molar-refractivity contribution < 1.29 is 14.3 Å². The van der Waals surface area contributed by atoms with Crippen LogP contribution in [0, 0.1) is 0 Å². The van der Waals surface area contributed by atoms with Gasteiger partial charge >= 0.3 is 12.0 Å². The quantitative estimate of drug-likeness (QED) is 0.181. The lowest BCUT2D eigenvalue weighted by molar-refractivity contribution is 0.0472. The number of piperidine rings is 1. The Kier molecular flexibility index (Phi) is 8.69. The molecule has 6 rings (SSSR count). The lowest BCUT2D eigenvalue weighted by atomic mass is 9.96. The van der Waals surface area contributed by atoms with Crippen LogP contribution in [0.3, 0.4) is 0 Å². The van der Waals surface area contributed by atoms with E-state index in [2.05, 4.69) is 34.6 Å². The zero-order chi connectivity index (χ0) is 29.4. The average molecular weight is 571 g/mol. The molecule has 0 N–H and O–H groups in total. The van der Waals surface area contributed by atoms with Gasteiger partial charge in [0, 0.05) is 18.2 Å². The van der Waals surface area contributed by atoms with Gasteiger partial charge in [-0.15, -0.1) is 5.10 Å². The van der Waals surface area contributed by atoms with Gasteiger partial charge in [0.2, 0.25) is 0 Å². The Morgan fingerprint density at radius 3 is 2.26 bits per heavy atom. The molecular weight excluding hydrogens is 536 g/mol. The summed E-state index contributed by atoms with van der Waals surface area (Å²) in [5, 5.41) is 8.51. The normalized spacial score (nSPS) is 14.8. The molecule has 0 spiro atoms. The SMILES string of the molecule is O=C(OCc1ccccc1)c1cccc(-c2ccc(-c3cn(C(=O)N4CCCCC4CCc4ccccc4)nn3)cc2)c1. The molecule has 216 valence electrons. The summed E-state index contributed by atoms with van der Waals surface area (Å²) in [5.41, 5.74) is 6.10. The van der Waals surface area contributed by atoms with Crippen molar-refractivity contribution in [3.63, 3.8) is 0 Å². The molecule has 43 heavy (non-hydrogen) atoms. The molecule has 1 atom stereocenters. The number of carbonyl (C=O) groups is 2. The molecule has 1 aromatic heterocycles. The fraction of sp³-hybridized carbons (Fsp3) is 0.222. The fourth-order valence-electron chi connectivity index (χ4n) is 5.62. The van der Waals surface area contributed by atoms with Gasteiger partial charge in [0.15, 0.2) is 0 Å². The van der Waals surface area contributed by atoms with E-state index in [1.807, 2.05) is 83.8 Å². The summed E-state index contributed by atoms with van der Waals surface area (Å²) >= 11 is 0. The molecular formula is C36H34N4O3. The maximum atomic E-state index is 13.5.